The molecule has 0 radical (unpaired) electrons. The van der Waals surface area contributed by atoms with Gasteiger partial charge in [0.05, 0.1) is 9.90 Å². The van der Waals surface area contributed by atoms with Crippen molar-refractivity contribution in [3.63, 3.8) is 0 Å². The molecule has 0 fully saturated rings. The summed E-state index contributed by atoms with van der Waals surface area (Å²) >= 11 is 6.61. The van der Waals surface area contributed by atoms with Crippen LogP contribution in [0.3, 0.4) is 0 Å². The molecule has 1 aromatic rings. The normalized spacial score (nSPS) is 12.1. The van der Waals surface area contributed by atoms with E-state index >= 15 is 0 Å². The maximum atomic E-state index is 13.2. The van der Waals surface area contributed by atoms with Crippen LogP contribution >= 0.6 is 22.9 Å². The summed E-state index contributed by atoms with van der Waals surface area (Å²) in [6.45, 7) is 1.14. The number of alkyl halides is 2. The molecule has 0 aliphatic carbocycles. The zero-order chi connectivity index (χ0) is 10.1. The van der Waals surface area contributed by atoms with Crippen molar-refractivity contribution in [3.8, 4) is 0 Å². The summed E-state index contributed by atoms with van der Waals surface area (Å²) in [4.78, 5) is -0.152. The van der Waals surface area contributed by atoms with Crippen molar-refractivity contribution in [3.05, 3.63) is 20.8 Å². The first-order chi connectivity index (χ1) is 5.99. The van der Waals surface area contributed by atoms with E-state index < -0.39 is 19.0 Å². The van der Waals surface area contributed by atoms with Gasteiger partial charge in [-0.3, -0.25) is 0 Å². The van der Waals surface area contributed by atoms with Gasteiger partial charge in [-0.15, -0.1) is 11.3 Å². The summed E-state index contributed by atoms with van der Waals surface area (Å²) in [6.07, 6.45) is -0.577. The zero-order valence-corrected chi connectivity index (χ0v) is 8.55. The highest BCUT2D eigenvalue weighted by molar-refractivity contribution is 7.10. The topological polar surface area (TPSA) is 20.2 Å². The Kier molecular flexibility index (Phi) is 3.27. The molecule has 0 spiro atoms. The van der Waals surface area contributed by atoms with E-state index in [4.69, 9.17) is 16.7 Å². The van der Waals surface area contributed by atoms with Gasteiger partial charge in [-0.2, -0.15) is 0 Å². The minimum atomic E-state index is -3.01. The fourth-order valence-corrected chi connectivity index (χ4v) is 2.27. The molecule has 1 nitrogen and oxygen atoms in total. The molecule has 0 bridgehead atoms. The quantitative estimate of drug-likeness (QED) is 0.839. The van der Waals surface area contributed by atoms with Crippen LogP contribution in [0.4, 0.5) is 8.78 Å². The van der Waals surface area contributed by atoms with Gasteiger partial charge in [0.25, 0.3) is 5.92 Å². The number of halogens is 3. The lowest BCUT2D eigenvalue weighted by molar-refractivity contribution is -0.0233. The first-order valence-corrected chi connectivity index (χ1v) is 4.97. The maximum Gasteiger partial charge on any atom is 0.285 e. The average Bonchev–Trinajstić information content (AvgIpc) is 2.33. The van der Waals surface area contributed by atoms with Crippen LogP contribution in [0.2, 0.25) is 5.02 Å². The molecule has 0 aliphatic rings. The summed E-state index contributed by atoms with van der Waals surface area (Å²) in [5.74, 6) is -3.01. The minimum Gasteiger partial charge on any atom is -0.396 e. The second-order valence-electron chi connectivity index (χ2n) is 2.74. The summed E-state index contributed by atoms with van der Waals surface area (Å²) in [5.41, 5.74) is 0.652. The number of thiophene rings is 1. The van der Waals surface area contributed by atoms with Crippen molar-refractivity contribution >= 4 is 22.9 Å². The van der Waals surface area contributed by atoms with Crippen molar-refractivity contribution in [2.45, 2.75) is 19.3 Å². The lowest BCUT2D eigenvalue weighted by Crippen LogP contribution is -2.13. The Morgan fingerprint density at radius 1 is 1.62 bits per heavy atom. The van der Waals surface area contributed by atoms with Crippen LogP contribution in [0.1, 0.15) is 16.9 Å². The van der Waals surface area contributed by atoms with E-state index in [0.29, 0.717) is 5.56 Å². The largest absolute Gasteiger partial charge is 0.396 e. The Morgan fingerprint density at radius 3 is 2.62 bits per heavy atom. The third-order valence-corrected chi connectivity index (χ3v) is 3.47. The van der Waals surface area contributed by atoms with Gasteiger partial charge in [0, 0.05) is 13.0 Å². The number of aliphatic hydroxyl groups is 1. The third kappa shape index (κ3) is 2.18. The highest BCUT2D eigenvalue weighted by atomic mass is 35.5. The Bertz CT molecular complexity index is 298. The van der Waals surface area contributed by atoms with Crippen molar-refractivity contribution in [1.82, 2.24) is 0 Å². The predicted octanol–water partition coefficient (Wildman–Crippen LogP) is 3.18. The van der Waals surface area contributed by atoms with Gasteiger partial charge in [0.1, 0.15) is 0 Å². The van der Waals surface area contributed by atoms with Crippen molar-refractivity contribution < 1.29 is 13.9 Å². The van der Waals surface area contributed by atoms with Gasteiger partial charge in [-0.25, -0.2) is 8.78 Å². The van der Waals surface area contributed by atoms with Crippen molar-refractivity contribution in [1.29, 1.82) is 0 Å². The summed E-state index contributed by atoms with van der Waals surface area (Å²) in [5, 5.41) is 10.1. The third-order valence-electron chi connectivity index (χ3n) is 1.66. The van der Waals surface area contributed by atoms with E-state index in [2.05, 4.69) is 0 Å². The Hall–Kier alpha value is -0.190. The van der Waals surface area contributed by atoms with Gasteiger partial charge in [0.2, 0.25) is 0 Å². The number of aliphatic hydroxyl groups excluding tert-OH is 1. The van der Waals surface area contributed by atoms with E-state index in [0.717, 1.165) is 11.3 Å². The molecule has 0 saturated carbocycles. The summed E-state index contributed by atoms with van der Waals surface area (Å²) in [7, 11) is 0. The van der Waals surface area contributed by atoms with Crippen LogP contribution in [0.25, 0.3) is 0 Å². The number of hydrogen-bond donors (Lipinski definition) is 1. The highest BCUT2D eigenvalue weighted by Gasteiger charge is 2.35. The smallest absolute Gasteiger partial charge is 0.285 e. The lowest BCUT2D eigenvalue weighted by Gasteiger charge is -2.13. The second kappa shape index (κ2) is 3.90. The zero-order valence-electron chi connectivity index (χ0n) is 6.98. The second-order valence-corrected chi connectivity index (χ2v) is 4.00. The lowest BCUT2D eigenvalue weighted by atomic mass is 10.2. The number of hydrogen-bond acceptors (Lipinski definition) is 2. The molecule has 1 aromatic heterocycles. The SMILES string of the molecule is Cc1csc(C(F)(F)CCO)c1Cl. The van der Waals surface area contributed by atoms with Gasteiger partial charge in [-0.1, -0.05) is 11.6 Å². The monoisotopic (exact) mass is 226 g/mol. The van der Waals surface area contributed by atoms with Crippen LogP contribution in [0.5, 0.6) is 0 Å². The maximum absolute atomic E-state index is 13.2. The molecule has 0 aromatic carbocycles. The van der Waals surface area contributed by atoms with Crippen LogP contribution in [0, 0.1) is 6.92 Å². The first kappa shape index (κ1) is 10.9. The molecule has 0 atom stereocenters. The van der Waals surface area contributed by atoms with Crippen LogP contribution in [-0.2, 0) is 5.92 Å². The number of rotatable bonds is 3. The standard InChI is InChI=1S/C8H9ClF2OS/c1-5-4-13-7(6(5)9)8(10,11)2-3-12/h4,12H,2-3H2,1H3. The van der Waals surface area contributed by atoms with Gasteiger partial charge in [0.15, 0.2) is 0 Å². The summed E-state index contributed by atoms with van der Waals surface area (Å²) in [6, 6.07) is 0. The van der Waals surface area contributed by atoms with Gasteiger partial charge < -0.3 is 5.11 Å². The molecule has 0 aliphatic heterocycles. The van der Waals surface area contributed by atoms with Crippen molar-refractivity contribution in [2.75, 3.05) is 6.61 Å². The molecule has 0 unspecified atom stereocenters. The fraction of sp³-hybridized carbons (Fsp3) is 0.500. The van der Waals surface area contributed by atoms with Crippen molar-refractivity contribution in [2.24, 2.45) is 0 Å². The molecule has 13 heavy (non-hydrogen) atoms. The molecule has 1 rings (SSSR count). The Labute approximate surface area is 84.0 Å². The molecule has 1 N–H and O–H groups in total. The molecule has 74 valence electrons. The van der Waals surface area contributed by atoms with E-state index in [9.17, 15) is 8.78 Å². The minimum absolute atomic E-state index is 0.114. The molecule has 1 heterocycles. The molecule has 0 saturated heterocycles. The van der Waals surface area contributed by atoms with Gasteiger partial charge >= 0.3 is 0 Å². The van der Waals surface area contributed by atoms with Gasteiger partial charge in [-0.05, 0) is 17.9 Å². The molecule has 0 amide bonds. The Balaban J connectivity index is 2.99. The molecular weight excluding hydrogens is 218 g/mol. The Morgan fingerprint density at radius 2 is 2.23 bits per heavy atom. The van der Waals surface area contributed by atoms with E-state index in [1.807, 2.05) is 0 Å². The number of aryl methyl sites for hydroxylation is 1. The summed E-state index contributed by atoms with van der Waals surface area (Å²) < 4.78 is 26.4. The van der Waals surface area contributed by atoms with E-state index in [1.165, 1.54) is 0 Å². The van der Waals surface area contributed by atoms with E-state index in [1.54, 1.807) is 12.3 Å². The van der Waals surface area contributed by atoms with E-state index in [-0.39, 0.29) is 9.90 Å². The van der Waals surface area contributed by atoms with Crippen LogP contribution < -0.4 is 0 Å². The average molecular weight is 227 g/mol. The molecular formula is C8H9ClF2OS. The highest BCUT2D eigenvalue weighted by Crippen LogP contribution is 2.41. The first-order valence-electron chi connectivity index (χ1n) is 3.72. The van der Waals surface area contributed by atoms with Crippen LogP contribution in [0.15, 0.2) is 5.38 Å². The molecule has 5 heteroatoms. The fourth-order valence-electron chi connectivity index (χ4n) is 0.931. The predicted molar refractivity (Wildman–Crippen MR) is 49.7 cm³/mol. The van der Waals surface area contributed by atoms with Crippen LogP contribution in [-0.4, -0.2) is 11.7 Å².